The lowest BCUT2D eigenvalue weighted by Gasteiger charge is -2.01. The molecule has 0 bridgehead atoms. The maximum Gasteiger partial charge on any atom is 0.250 e. The van der Waals surface area contributed by atoms with E-state index in [4.69, 9.17) is 17.3 Å². The van der Waals surface area contributed by atoms with Gasteiger partial charge in [-0.1, -0.05) is 41.9 Å². The van der Waals surface area contributed by atoms with Gasteiger partial charge in [-0.3, -0.25) is 9.79 Å². The van der Waals surface area contributed by atoms with Gasteiger partial charge in [0.2, 0.25) is 0 Å². The maximum atomic E-state index is 11.2. The molecule has 3 nitrogen and oxygen atoms in total. The van der Waals surface area contributed by atoms with Gasteiger partial charge in [0.25, 0.3) is 5.91 Å². The second kappa shape index (κ2) is 5.47. The highest BCUT2D eigenvalue weighted by molar-refractivity contribution is 6.33. The number of amides is 1. The molecule has 0 heterocycles. The number of aliphatic imine (C=N–C) groups is 1. The Labute approximate surface area is 110 Å². The van der Waals surface area contributed by atoms with E-state index in [1.165, 1.54) is 0 Å². The molecule has 0 aliphatic rings. The summed E-state index contributed by atoms with van der Waals surface area (Å²) in [6, 6.07) is 14.3. The molecule has 0 saturated carbocycles. The summed E-state index contributed by atoms with van der Waals surface area (Å²) in [6.45, 7) is 0. The van der Waals surface area contributed by atoms with Crippen molar-refractivity contribution in [1.82, 2.24) is 0 Å². The Morgan fingerprint density at radius 2 is 1.78 bits per heavy atom. The molecule has 4 heteroatoms. The summed E-state index contributed by atoms with van der Waals surface area (Å²) < 4.78 is 0. The van der Waals surface area contributed by atoms with Crippen LogP contribution >= 0.6 is 11.6 Å². The summed E-state index contributed by atoms with van der Waals surface area (Å²) in [6.07, 6.45) is 1.62. The molecule has 0 aliphatic carbocycles. The first-order chi connectivity index (χ1) is 8.68. The van der Waals surface area contributed by atoms with Crippen LogP contribution in [0.2, 0.25) is 5.02 Å². The minimum absolute atomic E-state index is 0.390. The van der Waals surface area contributed by atoms with E-state index in [9.17, 15) is 4.79 Å². The normalized spacial score (nSPS) is 10.7. The van der Waals surface area contributed by atoms with Crippen molar-refractivity contribution in [2.45, 2.75) is 0 Å². The van der Waals surface area contributed by atoms with Crippen molar-refractivity contribution in [2.75, 3.05) is 0 Å². The summed E-state index contributed by atoms with van der Waals surface area (Å²) in [5, 5.41) is 0.609. The van der Waals surface area contributed by atoms with Crippen molar-refractivity contribution in [3.8, 4) is 0 Å². The molecule has 2 N–H and O–H groups in total. The summed E-state index contributed by atoms with van der Waals surface area (Å²) >= 11 is 6.01. The van der Waals surface area contributed by atoms with E-state index in [1.54, 1.807) is 36.5 Å². The molecule has 90 valence electrons. The lowest BCUT2D eigenvalue weighted by atomic mass is 10.1. The van der Waals surface area contributed by atoms with Crippen LogP contribution < -0.4 is 5.73 Å². The molecule has 2 rings (SSSR count). The lowest BCUT2D eigenvalue weighted by molar-refractivity contribution is 0.100. The fourth-order valence-electron chi connectivity index (χ4n) is 1.51. The van der Waals surface area contributed by atoms with Gasteiger partial charge in [-0.05, 0) is 18.2 Å². The van der Waals surface area contributed by atoms with E-state index in [2.05, 4.69) is 4.99 Å². The van der Waals surface area contributed by atoms with Crippen molar-refractivity contribution >= 4 is 29.4 Å². The Morgan fingerprint density at radius 1 is 1.11 bits per heavy atom. The number of rotatable bonds is 3. The maximum absolute atomic E-state index is 11.2. The number of carbonyl (C=O) groups is 1. The van der Waals surface area contributed by atoms with E-state index in [0.717, 1.165) is 5.56 Å². The van der Waals surface area contributed by atoms with Gasteiger partial charge in [0, 0.05) is 16.8 Å². The lowest BCUT2D eigenvalue weighted by Crippen LogP contribution is -2.10. The van der Waals surface area contributed by atoms with Crippen molar-refractivity contribution in [3.63, 3.8) is 0 Å². The van der Waals surface area contributed by atoms with Crippen LogP contribution in [-0.2, 0) is 0 Å². The molecule has 18 heavy (non-hydrogen) atoms. The summed E-state index contributed by atoms with van der Waals surface area (Å²) in [5.74, 6) is -0.498. The largest absolute Gasteiger partial charge is 0.366 e. The van der Waals surface area contributed by atoms with Crippen molar-refractivity contribution in [1.29, 1.82) is 0 Å². The van der Waals surface area contributed by atoms with Gasteiger partial charge in [-0.2, -0.15) is 0 Å². The molecular weight excluding hydrogens is 248 g/mol. The number of hydrogen-bond donors (Lipinski definition) is 1. The molecule has 0 fully saturated rings. The zero-order valence-electron chi connectivity index (χ0n) is 9.51. The molecule has 0 radical (unpaired) electrons. The molecule has 0 spiro atoms. The molecular formula is C14H11ClN2O. The second-order valence-corrected chi connectivity index (χ2v) is 4.07. The smallest absolute Gasteiger partial charge is 0.250 e. The Morgan fingerprint density at radius 3 is 2.50 bits per heavy atom. The number of benzene rings is 2. The highest BCUT2D eigenvalue weighted by Crippen LogP contribution is 2.19. The number of nitrogens with two attached hydrogens (primary N) is 1. The predicted octanol–water partition coefficient (Wildman–Crippen LogP) is 3.19. The van der Waals surface area contributed by atoms with E-state index < -0.39 is 5.91 Å². The topological polar surface area (TPSA) is 55.5 Å². The minimum atomic E-state index is -0.498. The van der Waals surface area contributed by atoms with Crippen molar-refractivity contribution in [2.24, 2.45) is 10.7 Å². The standard InChI is InChI=1S/C14H11ClN2O/c15-12-7-3-1-5-10(12)9-17-13-8-4-2-6-11(13)14(16)18/h1-9H,(H2,16,18). The van der Waals surface area contributed by atoms with Gasteiger partial charge in [0.1, 0.15) is 0 Å². The highest BCUT2D eigenvalue weighted by Gasteiger charge is 2.05. The summed E-state index contributed by atoms with van der Waals surface area (Å²) in [5.41, 5.74) is 6.99. The van der Waals surface area contributed by atoms with Crippen LogP contribution in [-0.4, -0.2) is 12.1 Å². The van der Waals surface area contributed by atoms with E-state index in [1.807, 2.05) is 18.2 Å². The fraction of sp³-hybridized carbons (Fsp3) is 0. The van der Waals surface area contributed by atoms with Crippen LogP contribution in [0.1, 0.15) is 15.9 Å². The Bertz CT molecular complexity index is 608. The van der Waals surface area contributed by atoms with Crippen LogP contribution in [0.5, 0.6) is 0 Å². The zero-order chi connectivity index (χ0) is 13.0. The summed E-state index contributed by atoms with van der Waals surface area (Å²) in [4.78, 5) is 15.5. The molecule has 2 aromatic carbocycles. The first-order valence-electron chi connectivity index (χ1n) is 5.36. The Balaban J connectivity index is 2.35. The predicted molar refractivity (Wildman–Crippen MR) is 73.7 cm³/mol. The first-order valence-corrected chi connectivity index (χ1v) is 5.73. The molecule has 1 amide bonds. The van der Waals surface area contributed by atoms with Crippen molar-refractivity contribution in [3.05, 3.63) is 64.7 Å². The second-order valence-electron chi connectivity index (χ2n) is 3.66. The monoisotopic (exact) mass is 258 g/mol. The average molecular weight is 259 g/mol. The number of halogens is 1. The fourth-order valence-corrected chi connectivity index (χ4v) is 1.70. The van der Waals surface area contributed by atoms with Gasteiger partial charge >= 0.3 is 0 Å². The molecule has 0 unspecified atom stereocenters. The van der Waals surface area contributed by atoms with E-state index in [-0.39, 0.29) is 0 Å². The zero-order valence-corrected chi connectivity index (χ0v) is 10.3. The van der Waals surface area contributed by atoms with Gasteiger partial charge in [0.05, 0.1) is 11.3 Å². The van der Waals surface area contributed by atoms with Crippen LogP contribution in [0.3, 0.4) is 0 Å². The van der Waals surface area contributed by atoms with E-state index >= 15 is 0 Å². The van der Waals surface area contributed by atoms with Crippen LogP contribution in [0, 0.1) is 0 Å². The first kappa shape index (κ1) is 12.3. The minimum Gasteiger partial charge on any atom is -0.366 e. The summed E-state index contributed by atoms with van der Waals surface area (Å²) in [7, 11) is 0. The van der Waals surface area contributed by atoms with Crippen LogP contribution in [0.4, 0.5) is 5.69 Å². The SMILES string of the molecule is NC(=O)c1ccccc1N=Cc1ccccc1Cl. The highest BCUT2D eigenvalue weighted by atomic mass is 35.5. The van der Waals surface area contributed by atoms with Gasteiger partial charge < -0.3 is 5.73 Å². The number of para-hydroxylation sites is 1. The number of nitrogens with zero attached hydrogens (tertiary/aromatic N) is 1. The molecule has 0 atom stereocenters. The molecule has 0 aromatic heterocycles. The molecule has 2 aromatic rings. The van der Waals surface area contributed by atoms with Crippen LogP contribution in [0.15, 0.2) is 53.5 Å². The van der Waals surface area contributed by atoms with Crippen molar-refractivity contribution < 1.29 is 4.79 Å². The van der Waals surface area contributed by atoms with Crippen LogP contribution in [0.25, 0.3) is 0 Å². The number of carbonyl (C=O) groups excluding carboxylic acids is 1. The third kappa shape index (κ3) is 2.76. The number of hydrogen-bond acceptors (Lipinski definition) is 2. The Hall–Kier alpha value is -2.13. The third-order valence-corrected chi connectivity index (χ3v) is 2.76. The quantitative estimate of drug-likeness (QED) is 0.845. The Kier molecular flexibility index (Phi) is 3.75. The average Bonchev–Trinajstić information content (AvgIpc) is 2.38. The van der Waals surface area contributed by atoms with E-state index in [0.29, 0.717) is 16.3 Å². The number of primary amides is 1. The van der Waals surface area contributed by atoms with Gasteiger partial charge in [-0.25, -0.2) is 0 Å². The molecule has 0 aliphatic heterocycles. The van der Waals surface area contributed by atoms with Gasteiger partial charge in [-0.15, -0.1) is 0 Å². The third-order valence-electron chi connectivity index (χ3n) is 2.42. The molecule has 0 saturated heterocycles. The van der Waals surface area contributed by atoms with Gasteiger partial charge in [0.15, 0.2) is 0 Å².